The third-order valence-corrected chi connectivity index (χ3v) is 2.49. The molecule has 15 heavy (non-hydrogen) atoms. The Labute approximate surface area is 89.5 Å². The Bertz CT molecular complexity index is 438. The van der Waals surface area contributed by atoms with Crippen molar-refractivity contribution in [3.63, 3.8) is 0 Å². The molecule has 0 spiro atoms. The number of aldehydes is 1. The van der Waals surface area contributed by atoms with Gasteiger partial charge in [-0.25, -0.2) is 0 Å². The van der Waals surface area contributed by atoms with Crippen LogP contribution < -0.4 is 0 Å². The van der Waals surface area contributed by atoms with Crippen molar-refractivity contribution in [1.29, 1.82) is 0 Å². The van der Waals surface area contributed by atoms with Crippen LogP contribution in [-0.2, 0) is 0 Å². The first-order valence-electron chi connectivity index (χ1n) is 4.02. The topological polar surface area (TPSA) is 80.4 Å². The van der Waals surface area contributed by atoms with Crippen LogP contribution in [0.2, 0.25) is 0 Å². The highest BCUT2D eigenvalue weighted by molar-refractivity contribution is 7.98. The lowest BCUT2D eigenvalue weighted by atomic mass is 10.2. The number of aliphatic hydroxyl groups is 1. The molecule has 0 unspecified atom stereocenters. The fraction of sp³-hybridized carbons (Fsp3) is 0.111. The van der Waals surface area contributed by atoms with Crippen LogP contribution in [0.15, 0.2) is 23.1 Å². The minimum atomic E-state index is -0.611. The summed E-state index contributed by atoms with van der Waals surface area (Å²) in [5, 5.41) is 19.7. The third kappa shape index (κ3) is 2.97. The molecule has 0 aliphatic rings. The van der Waals surface area contributed by atoms with Gasteiger partial charge in [-0.15, -0.1) is 11.4 Å². The standard InChI is InChI=1S/C9H9NO4S/c1-6(12)15-8-2-3-9(10(13)14)7(4-8)5-11/h2-5,12,15H,1H3. The van der Waals surface area contributed by atoms with Crippen LogP contribution in [0.25, 0.3) is 0 Å². The predicted octanol–water partition coefficient (Wildman–Crippen LogP) is 1.94. The SMILES string of the molecule is CC(O)=[SH]c1ccc([N+](=O)[O-])c(C=O)c1. The van der Waals surface area contributed by atoms with E-state index in [0.29, 0.717) is 22.5 Å². The maximum atomic E-state index is 10.6. The van der Waals surface area contributed by atoms with E-state index in [1.807, 2.05) is 0 Å². The van der Waals surface area contributed by atoms with Crippen molar-refractivity contribution in [1.82, 2.24) is 0 Å². The second-order valence-electron chi connectivity index (χ2n) is 2.78. The zero-order valence-corrected chi connectivity index (χ0v) is 8.77. The quantitative estimate of drug-likeness (QED) is 0.272. The number of rotatable bonds is 3. The van der Waals surface area contributed by atoms with Gasteiger partial charge in [-0.1, -0.05) is 0 Å². The number of benzene rings is 1. The van der Waals surface area contributed by atoms with Gasteiger partial charge in [-0.05, 0) is 19.1 Å². The number of hydrogen-bond acceptors (Lipinski definition) is 3. The molecule has 80 valence electrons. The molecule has 0 saturated carbocycles. The van der Waals surface area contributed by atoms with E-state index >= 15 is 0 Å². The first-order chi connectivity index (χ1) is 7.04. The van der Waals surface area contributed by atoms with Crippen LogP contribution in [0.1, 0.15) is 17.3 Å². The van der Waals surface area contributed by atoms with Crippen molar-refractivity contribution in [3.8, 4) is 0 Å². The van der Waals surface area contributed by atoms with Gasteiger partial charge in [-0.3, -0.25) is 14.9 Å². The fourth-order valence-electron chi connectivity index (χ4n) is 1.06. The van der Waals surface area contributed by atoms with Crippen LogP contribution in [0.5, 0.6) is 0 Å². The highest BCUT2D eigenvalue weighted by Crippen LogP contribution is 2.21. The third-order valence-electron chi connectivity index (χ3n) is 1.63. The maximum Gasteiger partial charge on any atom is 0.279 e. The Balaban J connectivity index is 3.25. The molecule has 1 N–H and O–H groups in total. The Morgan fingerprint density at radius 3 is 2.73 bits per heavy atom. The lowest BCUT2D eigenvalue weighted by Gasteiger charge is -1.98. The zero-order valence-electron chi connectivity index (χ0n) is 7.88. The molecule has 5 nitrogen and oxygen atoms in total. The predicted molar refractivity (Wildman–Crippen MR) is 59.0 cm³/mol. The smallest absolute Gasteiger partial charge is 0.279 e. The van der Waals surface area contributed by atoms with Crippen LogP contribution >= 0.6 is 11.4 Å². The number of nitrogens with zero attached hydrogens (tertiary/aromatic N) is 1. The molecule has 0 atom stereocenters. The molecule has 0 aliphatic carbocycles. The van der Waals surface area contributed by atoms with Crippen molar-refractivity contribution in [2.45, 2.75) is 11.8 Å². The molecule has 0 bridgehead atoms. The molecular formula is C9H9NO4S. The normalized spacial score (nSPS) is 11.7. The van der Waals surface area contributed by atoms with Crippen molar-refractivity contribution in [2.75, 3.05) is 0 Å². The Morgan fingerprint density at radius 2 is 2.27 bits per heavy atom. The molecule has 0 radical (unpaired) electrons. The molecule has 0 saturated heterocycles. The molecule has 0 amide bonds. The van der Waals surface area contributed by atoms with Gasteiger partial charge in [-0.2, -0.15) is 0 Å². The van der Waals surface area contributed by atoms with Gasteiger partial charge >= 0.3 is 0 Å². The van der Waals surface area contributed by atoms with Crippen molar-refractivity contribution in [3.05, 3.63) is 33.9 Å². The number of carbonyl (C=O) groups is 1. The van der Waals surface area contributed by atoms with E-state index in [1.54, 1.807) is 0 Å². The van der Waals surface area contributed by atoms with E-state index in [0.717, 1.165) is 0 Å². The summed E-state index contributed by atoms with van der Waals surface area (Å²) < 4.78 is 0. The lowest BCUT2D eigenvalue weighted by Crippen LogP contribution is -1.94. The van der Waals surface area contributed by atoms with Gasteiger partial charge in [0.15, 0.2) is 6.29 Å². The first kappa shape index (κ1) is 11.5. The van der Waals surface area contributed by atoms with Gasteiger partial charge in [0.25, 0.3) is 5.69 Å². The lowest BCUT2D eigenvalue weighted by molar-refractivity contribution is -0.385. The van der Waals surface area contributed by atoms with Crippen LogP contribution in [0, 0.1) is 10.1 Å². The summed E-state index contributed by atoms with van der Waals surface area (Å²) in [6.45, 7) is 1.52. The summed E-state index contributed by atoms with van der Waals surface area (Å²) in [7, 11) is 0. The monoisotopic (exact) mass is 227 g/mol. The Morgan fingerprint density at radius 1 is 1.60 bits per heavy atom. The fourth-order valence-corrected chi connectivity index (χ4v) is 1.79. The summed E-state index contributed by atoms with van der Waals surface area (Å²) in [5.41, 5.74) is -0.203. The van der Waals surface area contributed by atoms with Gasteiger partial charge < -0.3 is 5.11 Å². The van der Waals surface area contributed by atoms with E-state index in [-0.39, 0.29) is 16.3 Å². The summed E-state index contributed by atoms with van der Waals surface area (Å²) in [6, 6.07) is 4.16. The number of thiol groups is 1. The second kappa shape index (κ2) is 4.81. The van der Waals surface area contributed by atoms with Crippen LogP contribution in [0.3, 0.4) is 0 Å². The molecule has 0 fully saturated rings. The van der Waals surface area contributed by atoms with Gasteiger partial charge in [0.1, 0.15) is 0 Å². The molecule has 0 aliphatic heterocycles. The van der Waals surface area contributed by atoms with Crippen molar-refractivity contribution < 1.29 is 14.8 Å². The van der Waals surface area contributed by atoms with Gasteiger partial charge in [0.05, 0.1) is 15.5 Å². The number of nitro groups is 1. The molecule has 0 aromatic heterocycles. The summed E-state index contributed by atoms with van der Waals surface area (Å²) >= 11 is 0.540. The average molecular weight is 227 g/mol. The average Bonchev–Trinajstić information content (AvgIpc) is 2.16. The van der Waals surface area contributed by atoms with Crippen LogP contribution in [-0.4, -0.2) is 21.4 Å². The summed E-state index contributed by atoms with van der Waals surface area (Å²) in [6.07, 6.45) is 0.434. The summed E-state index contributed by atoms with van der Waals surface area (Å²) in [5.74, 6) is 0. The minimum Gasteiger partial charge on any atom is -0.360 e. The summed E-state index contributed by atoms with van der Waals surface area (Å²) in [4.78, 5) is 21.1. The van der Waals surface area contributed by atoms with E-state index < -0.39 is 4.92 Å². The first-order valence-corrected chi connectivity index (χ1v) is 4.92. The van der Waals surface area contributed by atoms with Crippen molar-refractivity contribution >= 4 is 28.4 Å². The molecule has 0 heterocycles. The highest BCUT2D eigenvalue weighted by Gasteiger charge is 2.12. The second-order valence-corrected chi connectivity index (χ2v) is 4.16. The largest absolute Gasteiger partial charge is 0.360 e. The van der Waals surface area contributed by atoms with Gasteiger partial charge in [0.2, 0.25) is 0 Å². The van der Waals surface area contributed by atoms with E-state index in [1.165, 1.54) is 25.1 Å². The highest BCUT2D eigenvalue weighted by atomic mass is 32.1. The molecule has 1 aromatic rings. The van der Waals surface area contributed by atoms with E-state index in [9.17, 15) is 14.9 Å². The van der Waals surface area contributed by atoms with E-state index in [4.69, 9.17) is 5.11 Å². The number of hydrogen-bond donors (Lipinski definition) is 2. The van der Waals surface area contributed by atoms with Crippen LogP contribution in [0.4, 0.5) is 5.69 Å². The van der Waals surface area contributed by atoms with E-state index in [2.05, 4.69) is 0 Å². The Hall–Kier alpha value is -1.53. The molecule has 1 rings (SSSR count). The molecule has 1 aromatic carbocycles. The maximum absolute atomic E-state index is 10.6. The number of aliphatic hydroxyl groups excluding tert-OH is 1. The van der Waals surface area contributed by atoms with Gasteiger partial charge in [0, 0.05) is 11.0 Å². The molecular weight excluding hydrogens is 218 g/mol. The Kier molecular flexibility index (Phi) is 3.70. The molecule has 6 heteroatoms. The van der Waals surface area contributed by atoms with Crippen molar-refractivity contribution in [2.24, 2.45) is 0 Å². The number of nitro benzene ring substituents is 1. The minimum absolute atomic E-state index is 0.0197. The number of carbonyl (C=O) groups excluding carboxylic acids is 1. The zero-order chi connectivity index (χ0) is 11.4.